The van der Waals surface area contributed by atoms with Crippen LogP contribution in [-0.2, 0) is 24.8 Å². The van der Waals surface area contributed by atoms with Crippen LogP contribution in [0, 0.1) is 11.3 Å². The van der Waals surface area contributed by atoms with Crippen molar-refractivity contribution in [1.29, 1.82) is 5.26 Å². The summed E-state index contributed by atoms with van der Waals surface area (Å²) in [5.74, 6) is 1.21. The van der Waals surface area contributed by atoms with Gasteiger partial charge in [-0.3, -0.25) is 9.69 Å². The molecule has 25 heavy (non-hydrogen) atoms. The van der Waals surface area contributed by atoms with Gasteiger partial charge < -0.3 is 9.47 Å². The predicted molar refractivity (Wildman–Crippen MR) is 94.5 cm³/mol. The minimum absolute atomic E-state index is 0.156. The van der Waals surface area contributed by atoms with E-state index in [4.69, 9.17) is 5.26 Å². The topological polar surface area (TPSA) is 65.2 Å². The SMILES string of the molecule is Cn1ccnc1CN1CCCN(C(=O)Cc2ccc(C#N)cc2)CC1. The Bertz CT molecular complexity index is 759. The Morgan fingerprint density at radius 1 is 1.20 bits per heavy atom. The first-order valence-electron chi connectivity index (χ1n) is 8.61. The van der Waals surface area contributed by atoms with Crippen LogP contribution in [0.1, 0.15) is 23.4 Å². The van der Waals surface area contributed by atoms with Gasteiger partial charge in [0.05, 0.1) is 24.6 Å². The molecule has 130 valence electrons. The number of amides is 1. The van der Waals surface area contributed by atoms with Crippen LogP contribution in [0.4, 0.5) is 0 Å². The minimum atomic E-state index is 0.156. The van der Waals surface area contributed by atoms with Gasteiger partial charge in [-0.25, -0.2) is 4.98 Å². The van der Waals surface area contributed by atoms with Gasteiger partial charge in [-0.2, -0.15) is 5.26 Å². The van der Waals surface area contributed by atoms with Gasteiger partial charge in [0.1, 0.15) is 5.82 Å². The Hall–Kier alpha value is -2.65. The summed E-state index contributed by atoms with van der Waals surface area (Å²) < 4.78 is 2.04. The quantitative estimate of drug-likeness (QED) is 0.849. The van der Waals surface area contributed by atoms with Crippen molar-refractivity contribution >= 4 is 5.91 Å². The maximum Gasteiger partial charge on any atom is 0.227 e. The standard InChI is InChI=1S/C19H23N5O/c1-22-10-7-21-18(22)15-23-8-2-9-24(12-11-23)19(25)13-16-3-5-17(14-20)6-4-16/h3-7,10H,2,8-9,11-13,15H2,1H3. The highest BCUT2D eigenvalue weighted by Crippen LogP contribution is 2.10. The van der Waals surface area contributed by atoms with Crippen molar-refractivity contribution in [1.82, 2.24) is 19.4 Å². The molecule has 0 unspecified atom stereocenters. The lowest BCUT2D eigenvalue weighted by molar-refractivity contribution is -0.130. The Balaban J connectivity index is 1.54. The van der Waals surface area contributed by atoms with Crippen LogP contribution in [-0.4, -0.2) is 51.4 Å². The van der Waals surface area contributed by atoms with Crippen LogP contribution in [0.5, 0.6) is 0 Å². The van der Waals surface area contributed by atoms with Crippen molar-refractivity contribution in [3.05, 3.63) is 53.6 Å². The number of nitriles is 1. The summed E-state index contributed by atoms with van der Waals surface area (Å²) in [5.41, 5.74) is 1.58. The number of hydrogen-bond donors (Lipinski definition) is 0. The molecule has 1 saturated heterocycles. The molecule has 1 aliphatic heterocycles. The lowest BCUT2D eigenvalue weighted by atomic mass is 10.1. The van der Waals surface area contributed by atoms with E-state index in [1.165, 1.54) is 0 Å². The third-order valence-corrected chi connectivity index (χ3v) is 4.67. The summed E-state index contributed by atoms with van der Waals surface area (Å²) in [6.45, 7) is 4.21. The molecule has 2 aromatic rings. The van der Waals surface area contributed by atoms with Crippen LogP contribution < -0.4 is 0 Å². The number of rotatable bonds is 4. The maximum atomic E-state index is 12.6. The molecule has 1 fully saturated rings. The fourth-order valence-corrected chi connectivity index (χ4v) is 3.11. The molecule has 6 heteroatoms. The smallest absolute Gasteiger partial charge is 0.227 e. The second-order valence-electron chi connectivity index (χ2n) is 6.45. The van der Waals surface area contributed by atoms with E-state index >= 15 is 0 Å². The third-order valence-electron chi connectivity index (χ3n) is 4.67. The van der Waals surface area contributed by atoms with E-state index in [1.54, 1.807) is 12.1 Å². The Morgan fingerprint density at radius 3 is 2.68 bits per heavy atom. The number of carbonyl (C=O) groups is 1. The molecule has 1 aromatic carbocycles. The molecule has 0 spiro atoms. The first-order chi connectivity index (χ1) is 12.2. The second kappa shape index (κ2) is 7.95. The largest absolute Gasteiger partial charge is 0.341 e. The zero-order valence-corrected chi connectivity index (χ0v) is 14.6. The molecule has 0 radical (unpaired) electrons. The van der Waals surface area contributed by atoms with Crippen LogP contribution >= 0.6 is 0 Å². The highest BCUT2D eigenvalue weighted by Gasteiger charge is 2.20. The summed E-state index contributed by atoms with van der Waals surface area (Å²) in [6, 6.07) is 9.35. The van der Waals surface area contributed by atoms with E-state index in [1.807, 2.05) is 41.0 Å². The average Bonchev–Trinajstić information content (AvgIpc) is 2.88. The summed E-state index contributed by atoms with van der Waals surface area (Å²) in [6.07, 6.45) is 5.15. The Kier molecular flexibility index (Phi) is 5.46. The van der Waals surface area contributed by atoms with Crippen molar-refractivity contribution in [3.8, 4) is 6.07 Å². The van der Waals surface area contributed by atoms with E-state index in [2.05, 4.69) is 16.0 Å². The number of carbonyl (C=O) groups excluding carboxylic acids is 1. The van der Waals surface area contributed by atoms with Crippen molar-refractivity contribution in [3.63, 3.8) is 0 Å². The normalized spacial score (nSPS) is 15.6. The molecular weight excluding hydrogens is 314 g/mol. The lowest BCUT2D eigenvalue weighted by Crippen LogP contribution is -2.36. The molecule has 0 atom stereocenters. The predicted octanol–water partition coefficient (Wildman–Crippen LogP) is 1.57. The van der Waals surface area contributed by atoms with E-state index in [9.17, 15) is 4.79 Å². The van der Waals surface area contributed by atoms with E-state index in [0.717, 1.165) is 50.5 Å². The van der Waals surface area contributed by atoms with Crippen LogP contribution in [0.3, 0.4) is 0 Å². The molecule has 3 rings (SSSR count). The molecule has 2 heterocycles. The average molecular weight is 337 g/mol. The number of benzene rings is 1. The molecule has 1 amide bonds. The minimum Gasteiger partial charge on any atom is -0.341 e. The molecule has 0 bridgehead atoms. The lowest BCUT2D eigenvalue weighted by Gasteiger charge is -2.22. The van der Waals surface area contributed by atoms with Gasteiger partial charge >= 0.3 is 0 Å². The summed E-state index contributed by atoms with van der Waals surface area (Å²) in [4.78, 5) is 21.3. The number of aromatic nitrogens is 2. The first-order valence-corrected chi connectivity index (χ1v) is 8.61. The molecule has 1 aliphatic rings. The van der Waals surface area contributed by atoms with Gasteiger partial charge in [0, 0.05) is 45.6 Å². The van der Waals surface area contributed by atoms with E-state index < -0.39 is 0 Å². The van der Waals surface area contributed by atoms with Gasteiger partial charge in [0.25, 0.3) is 0 Å². The van der Waals surface area contributed by atoms with Gasteiger partial charge in [-0.15, -0.1) is 0 Å². The highest BCUT2D eigenvalue weighted by molar-refractivity contribution is 5.78. The molecule has 1 aromatic heterocycles. The first kappa shape index (κ1) is 17.2. The molecule has 0 saturated carbocycles. The molecule has 0 N–H and O–H groups in total. The van der Waals surface area contributed by atoms with Crippen LogP contribution in [0.25, 0.3) is 0 Å². The fraction of sp³-hybridized carbons (Fsp3) is 0.421. The Morgan fingerprint density at radius 2 is 2.00 bits per heavy atom. The third kappa shape index (κ3) is 4.46. The van der Waals surface area contributed by atoms with Crippen molar-refractivity contribution in [2.45, 2.75) is 19.4 Å². The highest BCUT2D eigenvalue weighted by atomic mass is 16.2. The second-order valence-corrected chi connectivity index (χ2v) is 6.45. The fourth-order valence-electron chi connectivity index (χ4n) is 3.11. The monoisotopic (exact) mass is 337 g/mol. The maximum absolute atomic E-state index is 12.6. The van der Waals surface area contributed by atoms with Gasteiger partial charge in [0.15, 0.2) is 0 Å². The molecule has 6 nitrogen and oxygen atoms in total. The van der Waals surface area contributed by atoms with Gasteiger partial charge in [-0.05, 0) is 24.1 Å². The number of imidazole rings is 1. The number of aryl methyl sites for hydroxylation is 1. The van der Waals surface area contributed by atoms with Crippen LogP contribution in [0.15, 0.2) is 36.7 Å². The van der Waals surface area contributed by atoms with Gasteiger partial charge in [0.2, 0.25) is 5.91 Å². The Labute approximate surface area is 148 Å². The van der Waals surface area contributed by atoms with Gasteiger partial charge in [-0.1, -0.05) is 12.1 Å². The van der Waals surface area contributed by atoms with Crippen LogP contribution in [0.2, 0.25) is 0 Å². The van der Waals surface area contributed by atoms with E-state index in [0.29, 0.717) is 12.0 Å². The van der Waals surface area contributed by atoms with Crippen molar-refractivity contribution in [2.24, 2.45) is 7.05 Å². The molecule has 0 aliphatic carbocycles. The molecular formula is C19H23N5O. The van der Waals surface area contributed by atoms with E-state index in [-0.39, 0.29) is 5.91 Å². The van der Waals surface area contributed by atoms with Crippen molar-refractivity contribution in [2.75, 3.05) is 26.2 Å². The zero-order chi connectivity index (χ0) is 17.6. The number of nitrogens with zero attached hydrogens (tertiary/aromatic N) is 5. The van der Waals surface area contributed by atoms with Crippen molar-refractivity contribution < 1.29 is 4.79 Å². The summed E-state index contributed by atoms with van der Waals surface area (Å²) in [5, 5.41) is 8.84. The zero-order valence-electron chi connectivity index (χ0n) is 14.6. The number of hydrogen-bond acceptors (Lipinski definition) is 4. The summed E-state index contributed by atoms with van der Waals surface area (Å²) in [7, 11) is 2.01. The summed E-state index contributed by atoms with van der Waals surface area (Å²) >= 11 is 0.